The van der Waals surface area contributed by atoms with E-state index in [1.807, 2.05) is 29.2 Å². The summed E-state index contributed by atoms with van der Waals surface area (Å²) in [4.78, 5) is 24.6. The van der Waals surface area contributed by atoms with Crippen molar-refractivity contribution in [2.75, 3.05) is 18.4 Å². The van der Waals surface area contributed by atoms with Crippen molar-refractivity contribution in [1.29, 1.82) is 0 Å². The monoisotopic (exact) mass is 261 g/mol. The number of likely N-dealkylation sites (tertiary alicyclic amines) is 1. The maximum absolute atomic E-state index is 11.9. The zero-order valence-corrected chi connectivity index (χ0v) is 11.1. The lowest BCUT2D eigenvalue weighted by Gasteiger charge is -2.16. The molecule has 2 rings (SSSR count). The van der Waals surface area contributed by atoms with E-state index in [2.05, 4.69) is 10.6 Å². The molecule has 3 amide bonds. The Labute approximate surface area is 113 Å². The van der Waals surface area contributed by atoms with Crippen molar-refractivity contribution in [3.63, 3.8) is 0 Å². The molecule has 5 heteroatoms. The van der Waals surface area contributed by atoms with Gasteiger partial charge in [-0.3, -0.25) is 4.79 Å². The van der Waals surface area contributed by atoms with E-state index >= 15 is 0 Å². The number of urea groups is 1. The van der Waals surface area contributed by atoms with Gasteiger partial charge in [0.2, 0.25) is 5.91 Å². The van der Waals surface area contributed by atoms with Gasteiger partial charge in [0.1, 0.15) is 0 Å². The topological polar surface area (TPSA) is 61.4 Å². The van der Waals surface area contributed by atoms with Crippen LogP contribution in [0.2, 0.25) is 0 Å². The fourth-order valence-corrected chi connectivity index (χ4v) is 2.11. The summed E-state index contributed by atoms with van der Waals surface area (Å²) in [7, 11) is 0. The quantitative estimate of drug-likeness (QED) is 0.873. The molecule has 1 aliphatic rings. The van der Waals surface area contributed by atoms with Crippen LogP contribution in [0.3, 0.4) is 0 Å². The molecule has 0 saturated carbocycles. The number of anilines is 1. The van der Waals surface area contributed by atoms with Gasteiger partial charge in [-0.1, -0.05) is 12.1 Å². The van der Waals surface area contributed by atoms with Gasteiger partial charge in [0.15, 0.2) is 0 Å². The molecule has 1 heterocycles. The summed E-state index contributed by atoms with van der Waals surface area (Å²) in [6.45, 7) is 3.62. The van der Waals surface area contributed by atoms with Crippen molar-refractivity contribution in [2.45, 2.75) is 26.3 Å². The van der Waals surface area contributed by atoms with Crippen molar-refractivity contribution in [3.05, 3.63) is 29.8 Å². The third-order valence-corrected chi connectivity index (χ3v) is 3.11. The van der Waals surface area contributed by atoms with Gasteiger partial charge < -0.3 is 15.5 Å². The van der Waals surface area contributed by atoms with Crippen LogP contribution in [0.5, 0.6) is 0 Å². The molecule has 5 nitrogen and oxygen atoms in total. The molecule has 1 aliphatic heterocycles. The second-order valence-corrected chi connectivity index (χ2v) is 4.73. The molecular formula is C14H19N3O2. The zero-order valence-electron chi connectivity index (χ0n) is 11.1. The number of carbonyl (C=O) groups is 2. The SMILES string of the molecule is CC(=O)NCc1cccc(NC(=O)N2CCCC2)c1. The van der Waals surface area contributed by atoms with Crippen LogP contribution in [0.15, 0.2) is 24.3 Å². The summed E-state index contributed by atoms with van der Waals surface area (Å²) in [6.07, 6.45) is 2.16. The normalized spacial score (nSPS) is 14.3. The number of carbonyl (C=O) groups excluding carboxylic acids is 2. The first-order chi connectivity index (χ1) is 9.15. The lowest BCUT2D eigenvalue weighted by atomic mass is 10.2. The van der Waals surface area contributed by atoms with Crippen molar-refractivity contribution >= 4 is 17.6 Å². The predicted octanol–water partition coefficient (Wildman–Crippen LogP) is 1.95. The molecule has 0 radical (unpaired) electrons. The summed E-state index contributed by atoms with van der Waals surface area (Å²) in [5.74, 6) is -0.0634. The molecule has 19 heavy (non-hydrogen) atoms. The maximum atomic E-state index is 11.9. The lowest BCUT2D eigenvalue weighted by molar-refractivity contribution is -0.119. The van der Waals surface area contributed by atoms with E-state index in [0.29, 0.717) is 6.54 Å². The average molecular weight is 261 g/mol. The van der Waals surface area contributed by atoms with Gasteiger partial charge in [-0.25, -0.2) is 4.79 Å². The van der Waals surface area contributed by atoms with Crippen LogP contribution in [-0.4, -0.2) is 29.9 Å². The number of nitrogens with zero attached hydrogens (tertiary/aromatic N) is 1. The summed E-state index contributed by atoms with van der Waals surface area (Å²) in [5, 5.41) is 5.62. The standard InChI is InChI=1S/C14H19N3O2/c1-11(18)15-10-12-5-4-6-13(9-12)16-14(19)17-7-2-3-8-17/h4-6,9H,2-3,7-8,10H2,1H3,(H,15,18)(H,16,19). The highest BCUT2D eigenvalue weighted by Gasteiger charge is 2.17. The van der Waals surface area contributed by atoms with Gasteiger partial charge in [0, 0.05) is 32.2 Å². The van der Waals surface area contributed by atoms with Gasteiger partial charge >= 0.3 is 6.03 Å². The predicted molar refractivity (Wildman–Crippen MR) is 73.8 cm³/mol. The lowest BCUT2D eigenvalue weighted by Crippen LogP contribution is -2.32. The molecule has 1 fully saturated rings. The van der Waals surface area contributed by atoms with Gasteiger partial charge in [-0.15, -0.1) is 0 Å². The number of hydrogen-bond donors (Lipinski definition) is 2. The molecular weight excluding hydrogens is 242 g/mol. The van der Waals surface area contributed by atoms with Crippen molar-refractivity contribution < 1.29 is 9.59 Å². The Morgan fingerprint density at radius 2 is 2.00 bits per heavy atom. The summed E-state index contributed by atoms with van der Waals surface area (Å²) in [6, 6.07) is 7.47. The first-order valence-electron chi connectivity index (χ1n) is 6.54. The van der Waals surface area contributed by atoms with Crippen LogP contribution in [-0.2, 0) is 11.3 Å². The molecule has 1 aromatic carbocycles. The summed E-state index contributed by atoms with van der Waals surface area (Å²) < 4.78 is 0. The minimum Gasteiger partial charge on any atom is -0.352 e. The van der Waals surface area contributed by atoms with E-state index in [-0.39, 0.29) is 11.9 Å². The van der Waals surface area contributed by atoms with Crippen LogP contribution in [0.4, 0.5) is 10.5 Å². The molecule has 1 saturated heterocycles. The van der Waals surface area contributed by atoms with Crippen LogP contribution in [0, 0.1) is 0 Å². The number of amides is 3. The van der Waals surface area contributed by atoms with Crippen LogP contribution in [0.1, 0.15) is 25.3 Å². The van der Waals surface area contributed by atoms with E-state index in [4.69, 9.17) is 0 Å². The Bertz CT molecular complexity index is 468. The molecule has 0 spiro atoms. The van der Waals surface area contributed by atoms with Crippen LogP contribution in [0.25, 0.3) is 0 Å². The van der Waals surface area contributed by atoms with Crippen molar-refractivity contribution in [2.24, 2.45) is 0 Å². The van der Waals surface area contributed by atoms with Crippen molar-refractivity contribution in [1.82, 2.24) is 10.2 Å². The Morgan fingerprint density at radius 1 is 1.26 bits per heavy atom. The number of hydrogen-bond acceptors (Lipinski definition) is 2. The van der Waals surface area contributed by atoms with Gasteiger partial charge in [-0.2, -0.15) is 0 Å². The first kappa shape index (κ1) is 13.4. The Kier molecular flexibility index (Phi) is 4.39. The third-order valence-electron chi connectivity index (χ3n) is 3.11. The van der Waals surface area contributed by atoms with Gasteiger partial charge in [0.25, 0.3) is 0 Å². The van der Waals surface area contributed by atoms with E-state index in [0.717, 1.165) is 37.2 Å². The fraction of sp³-hybridized carbons (Fsp3) is 0.429. The molecule has 102 valence electrons. The molecule has 2 N–H and O–H groups in total. The molecule has 1 aromatic rings. The Hall–Kier alpha value is -2.04. The first-order valence-corrected chi connectivity index (χ1v) is 6.54. The fourth-order valence-electron chi connectivity index (χ4n) is 2.11. The van der Waals surface area contributed by atoms with Crippen LogP contribution < -0.4 is 10.6 Å². The van der Waals surface area contributed by atoms with Crippen LogP contribution >= 0.6 is 0 Å². The largest absolute Gasteiger partial charge is 0.352 e. The van der Waals surface area contributed by atoms with Gasteiger partial charge in [-0.05, 0) is 30.5 Å². The molecule has 0 bridgehead atoms. The summed E-state index contributed by atoms with van der Waals surface area (Å²) >= 11 is 0. The van der Waals surface area contributed by atoms with E-state index in [1.54, 1.807) is 0 Å². The van der Waals surface area contributed by atoms with E-state index < -0.39 is 0 Å². The minimum absolute atomic E-state index is 0.0471. The molecule has 0 aliphatic carbocycles. The van der Waals surface area contributed by atoms with E-state index in [9.17, 15) is 9.59 Å². The second-order valence-electron chi connectivity index (χ2n) is 4.73. The highest BCUT2D eigenvalue weighted by atomic mass is 16.2. The number of rotatable bonds is 3. The number of benzene rings is 1. The van der Waals surface area contributed by atoms with E-state index in [1.165, 1.54) is 6.92 Å². The highest BCUT2D eigenvalue weighted by Crippen LogP contribution is 2.14. The second kappa shape index (κ2) is 6.22. The average Bonchev–Trinajstić information content (AvgIpc) is 2.91. The smallest absolute Gasteiger partial charge is 0.321 e. The Balaban J connectivity index is 1.94. The molecule has 0 aromatic heterocycles. The van der Waals surface area contributed by atoms with Gasteiger partial charge in [0.05, 0.1) is 0 Å². The maximum Gasteiger partial charge on any atom is 0.321 e. The molecule has 0 atom stereocenters. The minimum atomic E-state index is -0.0634. The number of nitrogens with one attached hydrogen (secondary N) is 2. The zero-order chi connectivity index (χ0) is 13.7. The highest BCUT2D eigenvalue weighted by molar-refractivity contribution is 5.89. The summed E-state index contributed by atoms with van der Waals surface area (Å²) in [5.41, 5.74) is 1.73. The van der Waals surface area contributed by atoms with Crippen molar-refractivity contribution in [3.8, 4) is 0 Å². The Morgan fingerprint density at radius 3 is 2.68 bits per heavy atom. The third kappa shape index (κ3) is 3.98. The molecule has 0 unspecified atom stereocenters.